The summed E-state index contributed by atoms with van der Waals surface area (Å²) in [5, 5.41) is 12.6. The topological polar surface area (TPSA) is 71.7 Å². The third-order valence-corrected chi connectivity index (χ3v) is 6.05. The van der Waals surface area contributed by atoms with Gasteiger partial charge in [0.05, 0.1) is 18.2 Å². The van der Waals surface area contributed by atoms with Crippen molar-refractivity contribution < 1.29 is 4.79 Å². The fraction of sp³-hybridized carbons (Fsp3) is 0.400. The van der Waals surface area contributed by atoms with Gasteiger partial charge in [0.25, 0.3) is 0 Å². The van der Waals surface area contributed by atoms with E-state index in [9.17, 15) is 4.79 Å². The first-order chi connectivity index (χ1) is 15.2. The van der Waals surface area contributed by atoms with Crippen LogP contribution in [0.5, 0.6) is 0 Å². The number of anilines is 1. The summed E-state index contributed by atoms with van der Waals surface area (Å²) in [5.41, 5.74) is 4.18. The number of amides is 1. The van der Waals surface area contributed by atoms with Gasteiger partial charge in [0.2, 0.25) is 5.91 Å². The molecule has 168 valence electrons. The Morgan fingerprint density at radius 1 is 1.25 bits per heavy atom. The van der Waals surface area contributed by atoms with Crippen molar-refractivity contribution in [2.24, 2.45) is 4.99 Å². The fourth-order valence-electron chi connectivity index (χ4n) is 4.50. The van der Waals surface area contributed by atoms with E-state index >= 15 is 0 Å². The van der Waals surface area contributed by atoms with Gasteiger partial charge in [-0.3, -0.25) is 4.79 Å². The van der Waals surface area contributed by atoms with E-state index in [1.165, 1.54) is 11.3 Å². The van der Waals surface area contributed by atoms with Crippen LogP contribution in [0.4, 0.5) is 5.69 Å². The molecule has 0 aromatic heterocycles. The largest absolute Gasteiger partial charge is 0.356 e. The van der Waals surface area contributed by atoms with E-state index in [1.807, 2.05) is 29.2 Å². The summed E-state index contributed by atoms with van der Waals surface area (Å²) in [6, 6.07) is 18.3. The highest BCUT2D eigenvalue weighted by molar-refractivity contribution is 14.0. The van der Waals surface area contributed by atoms with Gasteiger partial charge >= 0.3 is 0 Å². The molecule has 0 bridgehead atoms. The number of aliphatic imine (C=N–C) groups is 1. The number of hydrogen-bond donors (Lipinski definition) is 1. The number of benzene rings is 2. The molecule has 0 saturated carbocycles. The number of halogens is 1. The lowest BCUT2D eigenvalue weighted by molar-refractivity contribution is -0.127. The molecule has 0 spiro atoms. The molecule has 1 N–H and O–H groups in total. The van der Waals surface area contributed by atoms with Gasteiger partial charge in [0, 0.05) is 44.2 Å². The van der Waals surface area contributed by atoms with Gasteiger partial charge in [-0.1, -0.05) is 30.3 Å². The average Bonchev–Trinajstić information content (AvgIpc) is 3.38. The molecular formula is C25H30IN5O. The van der Waals surface area contributed by atoms with Crippen LogP contribution in [0, 0.1) is 11.3 Å². The Hall–Kier alpha value is -2.60. The van der Waals surface area contributed by atoms with Crippen molar-refractivity contribution in [1.82, 2.24) is 10.2 Å². The summed E-state index contributed by atoms with van der Waals surface area (Å²) in [5.74, 6) is 1.52. The highest BCUT2D eigenvalue weighted by Gasteiger charge is 2.32. The number of nitrogens with one attached hydrogen (secondary N) is 1. The number of carbonyl (C=O) groups excluding carboxylic acids is 1. The van der Waals surface area contributed by atoms with Crippen LogP contribution < -0.4 is 10.2 Å². The van der Waals surface area contributed by atoms with E-state index in [2.05, 4.69) is 47.5 Å². The molecule has 6 nitrogen and oxygen atoms in total. The lowest BCUT2D eigenvalue weighted by Gasteiger charge is -2.23. The Bertz CT molecular complexity index is 1020. The maximum absolute atomic E-state index is 12.0. The highest BCUT2D eigenvalue weighted by atomic mass is 127. The highest BCUT2D eigenvalue weighted by Crippen LogP contribution is 2.38. The van der Waals surface area contributed by atoms with Crippen molar-refractivity contribution in [3.8, 4) is 6.07 Å². The maximum atomic E-state index is 12.0. The molecule has 0 aliphatic carbocycles. The first kappa shape index (κ1) is 24.1. The number of guanidine groups is 1. The number of para-hydroxylation sites is 1. The van der Waals surface area contributed by atoms with Crippen LogP contribution in [0.1, 0.15) is 48.8 Å². The SMILES string of the molecule is CCNC(=NCc1cccc(C#N)c1)N1CC(CCN2CCCC2=O)c2ccccc21.I. The standard InChI is InChI=1S/C25H29N5O.HI/c1-2-27-25(28-17-20-8-5-7-19(15-20)16-26)30-18-21(22-9-3-4-10-23(22)30)12-14-29-13-6-11-24(29)31;/h3-5,7-10,15,21H,2,6,11-14,17-18H2,1H3,(H,27,28);1H. The van der Waals surface area contributed by atoms with Crippen LogP contribution in [0.3, 0.4) is 0 Å². The molecule has 32 heavy (non-hydrogen) atoms. The number of nitrogens with zero attached hydrogens (tertiary/aromatic N) is 4. The fourth-order valence-corrected chi connectivity index (χ4v) is 4.50. The molecule has 1 amide bonds. The molecule has 1 atom stereocenters. The summed E-state index contributed by atoms with van der Waals surface area (Å²) in [6.07, 6.45) is 2.64. The van der Waals surface area contributed by atoms with E-state index < -0.39 is 0 Å². The van der Waals surface area contributed by atoms with Crippen LogP contribution in [-0.4, -0.2) is 42.9 Å². The second kappa shape index (κ2) is 11.3. The van der Waals surface area contributed by atoms with E-state index in [-0.39, 0.29) is 29.9 Å². The summed E-state index contributed by atoms with van der Waals surface area (Å²) < 4.78 is 0. The Balaban J connectivity index is 0.00000289. The van der Waals surface area contributed by atoms with E-state index in [0.717, 1.165) is 50.5 Å². The van der Waals surface area contributed by atoms with Crippen molar-refractivity contribution in [2.75, 3.05) is 31.1 Å². The quantitative estimate of drug-likeness (QED) is 0.336. The number of carbonyl (C=O) groups is 1. The molecule has 2 aliphatic rings. The van der Waals surface area contributed by atoms with Gasteiger partial charge in [-0.15, -0.1) is 24.0 Å². The monoisotopic (exact) mass is 543 g/mol. The zero-order chi connectivity index (χ0) is 21.6. The number of likely N-dealkylation sites (tertiary alicyclic amines) is 1. The summed E-state index contributed by atoms with van der Waals surface area (Å²) in [6.45, 7) is 5.94. The van der Waals surface area contributed by atoms with E-state index in [4.69, 9.17) is 10.3 Å². The van der Waals surface area contributed by atoms with Gasteiger partial charge in [-0.25, -0.2) is 4.99 Å². The van der Waals surface area contributed by atoms with Gasteiger partial charge in [0.1, 0.15) is 0 Å². The van der Waals surface area contributed by atoms with Crippen molar-refractivity contribution >= 4 is 41.5 Å². The minimum Gasteiger partial charge on any atom is -0.356 e. The molecule has 7 heteroatoms. The van der Waals surface area contributed by atoms with Crippen molar-refractivity contribution in [3.05, 3.63) is 65.2 Å². The minimum absolute atomic E-state index is 0. The molecule has 2 aromatic carbocycles. The van der Waals surface area contributed by atoms with Crippen LogP contribution in [0.2, 0.25) is 0 Å². The summed E-state index contributed by atoms with van der Waals surface area (Å²) >= 11 is 0. The Kier molecular flexibility index (Phi) is 8.51. The first-order valence-electron chi connectivity index (χ1n) is 11.1. The predicted octanol–water partition coefficient (Wildman–Crippen LogP) is 4.26. The molecule has 4 rings (SSSR count). The summed E-state index contributed by atoms with van der Waals surface area (Å²) in [7, 11) is 0. The second-order valence-electron chi connectivity index (χ2n) is 8.12. The van der Waals surface area contributed by atoms with Gasteiger partial charge in [-0.2, -0.15) is 5.26 Å². The molecular weight excluding hydrogens is 513 g/mol. The summed E-state index contributed by atoms with van der Waals surface area (Å²) in [4.78, 5) is 21.2. The van der Waals surface area contributed by atoms with Gasteiger partial charge < -0.3 is 15.1 Å². The Labute approximate surface area is 207 Å². The lowest BCUT2D eigenvalue weighted by atomic mass is 9.98. The number of fused-ring (bicyclic) bond motifs is 1. The zero-order valence-corrected chi connectivity index (χ0v) is 20.8. The minimum atomic E-state index is 0. The predicted molar refractivity (Wildman–Crippen MR) is 138 cm³/mol. The van der Waals surface area contributed by atoms with Crippen molar-refractivity contribution in [2.45, 2.75) is 38.6 Å². The van der Waals surface area contributed by atoms with Crippen LogP contribution in [-0.2, 0) is 11.3 Å². The van der Waals surface area contributed by atoms with Crippen molar-refractivity contribution in [1.29, 1.82) is 5.26 Å². The molecule has 1 unspecified atom stereocenters. The second-order valence-corrected chi connectivity index (χ2v) is 8.12. The lowest BCUT2D eigenvalue weighted by Crippen LogP contribution is -2.41. The van der Waals surface area contributed by atoms with Crippen LogP contribution in [0.25, 0.3) is 0 Å². The number of nitriles is 1. The van der Waals surface area contributed by atoms with Crippen LogP contribution in [0.15, 0.2) is 53.5 Å². The van der Waals surface area contributed by atoms with Gasteiger partial charge in [-0.05, 0) is 49.1 Å². The van der Waals surface area contributed by atoms with E-state index in [0.29, 0.717) is 24.4 Å². The number of rotatable bonds is 6. The third kappa shape index (κ3) is 5.41. The first-order valence-corrected chi connectivity index (χ1v) is 11.1. The average molecular weight is 543 g/mol. The van der Waals surface area contributed by atoms with Crippen molar-refractivity contribution in [3.63, 3.8) is 0 Å². The van der Waals surface area contributed by atoms with E-state index in [1.54, 1.807) is 0 Å². The number of hydrogen-bond acceptors (Lipinski definition) is 3. The Morgan fingerprint density at radius 2 is 2.09 bits per heavy atom. The third-order valence-electron chi connectivity index (χ3n) is 6.05. The zero-order valence-electron chi connectivity index (χ0n) is 18.5. The Morgan fingerprint density at radius 3 is 2.84 bits per heavy atom. The molecule has 2 heterocycles. The molecule has 2 aliphatic heterocycles. The molecule has 1 saturated heterocycles. The molecule has 2 aromatic rings. The smallest absolute Gasteiger partial charge is 0.222 e. The van der Waals surface area contributed by atoms with Gasteiger partial charge in [0.15, 0.2) is 5.96 Å². The normalized spacial score (nSPS) is 17.7. The molecule has 0 radical (unpaired) electrons. The maximum Gasteiger partial charge on any atom is 0.222 e. The van der Waals surface area contributed by atoms with Crippen LogP contribution >= 0.6 is 24.0 Å². The molecule has 1 fully saturated rings.